The Kier molecular flexibility index (Phi) is 11.2. The van der Waals surface area contributed by atoms with Crippen LogP contribution in [0.1, 0.15) is 59.9 Å². The Morgan fingerprint density at radius 1 is 0.974 bits per heavy atom. The summed E-state index contributed by atoms with van der Waals surface area (Å²) in [5.74, 6) is -0.987. The highest BCUT2D eigenvalue weighted by atomic mass is 28.3. The van der Waals surface area contributed by atoms with Gasteiger partial charge in [0.2, 0.25) is 0 Å². The lowest BCUT2D eigenvalue weighted by Gasteiger charge is -2.38. The number of aromatic nitrogens is 1. The van der Waals surface area contributed by atoms with Gasteiger partial charge in [0.15, 0.2) is 14.5 Å². The van der Waals surface area contributed by atoms with Gasteiger partial charge in [0.05, 0.1) is 7.11 Å². The van der Waals surface area contributed by atoms with E-state index in [4.69, 9.17) is 18.9 Å². The molecular weight excluding hydrogens is 512 g/mol. The zero-order valence-corrected chi connectivity index (χ0v) is 26.9. The largest absolute Gasteiger partial charge is 0.469 e. The molecule has 0 saturated heterocycles. The molecule has 2 rings (SSSR count). The number of carbonyl (C=O) groups excluding carboxylic acids is 2. The number of methoxy groups -OCH3 is 3. The lowest BCUT2D eigenvalue weighted by Crippen LogP contribution is -2.44. The van der Waals surface area contributed by atoms with Crippen LogP contribution < -0.4 is 0 Å². The van der Waals surface area contributed by atoms with Crippen molar-refractivity contribution in [3.8, 4) is 0 Å². The third-order valence-electron chi connectivity index (χ3n) is 7.78. The zero-order valence-electron chi connectivity index (χ0n) is 25.9. The van der Waals surface area contributed by atoms with Gasteiger partial charge in [-0.2, -0.15) is 0 Å². The minimum absolute atomic E-state index is 0.174. The molecule has 1 aromatic carbocycles. The maximum atomic E-state index is 13.2. The molecular formula is C30H50N2O6Si. The predicted molar refractivity (Wildman–Crippen MR) is 159 cm³/mol. The molecule has 1 heterocycles. The van der Waals surface area contributed by atoms with Gasteiger partial charge in [-0.1, -0.05) is 52.1 Å². The molecule has 0 aliphatic rings. The van der Waals surface area contributed by atoms with Crippen molar-refractivity contribution >= 4 is 31.2 Å². The van der Waals surface area contributed by atoms with Crippen LogP contribution in [0.3, 0.4) is 0 Å². The van der Waals surface area contributed by atoms with Crippen molar-refractivity contribution in [1.82, 2.24) is 9.13 Å². The Bertz CT molecular complexity index is 1100. The standard InChI is InChI=1S/C30H50N2O6Si/c1-29(2,3)38-28(34)31(19-14-16-24(26(33)35-7)27(36-8)37-9)20-18-22-21-32(39(10,11)30(4,5)6)25-17-13-12-15-23(22)25/h12-13,15,17,21,24,27H,14,16,18-20H2,1-11H3. The summed E-state index contributed by atoms with van der Waals surface area (Å²) in [5.41, 5.74) is 1.85. The van der Waals surface area contributed by atoms with Crippen molar-refractivity contribution in [3.63, 3.8) is 0 Å². The molecule has 1 atom stereocenters. The van der Waals surface area contributed by atoms with Crippen molar-refractivity contribution in [1.29, 1.82) is 0 Å². The van der Waals surface area contributed by atoms with Gasteiger partial charge in [0.1, 0.15) is 11.5 Å². The van der Waals surface area contributed by atoms with E-state index in [0.717, 1.165) is 0 Å². The van der Waals surface area contributed by atoms with E-state index in [1.807, 2.05) is 20.8 Å². The van der Waals surface area contributed by atoms with Crippen molar-refractivity contribution in [2.75, 3.05) is 34.4 Å². The monoisotopic (exact) mass is 562 g/mol. The summed E-state index contributed by atoms with van der Waals surface area (Å²) in [7, 11) is 2.49. The molecule has 0 radical (unpaired) electrons. The van der Waals surface area contributed by atoms with Gasteiger partial charge in [-0.25, -0.2) is 4.79 Å². The fourth-order valence-electron chi connectivity index (χ4n) is 4.59. The Morgan fingerprint density at radius 3 is 2.13 bits per heavy atom. The van der Waals surface area contributed by atoms with Gasteiger partial charge in [0.25, 0.3) is 0 Å². The maximum Gasteiger partial charge on any atom is 0.410 e. The van der Waals surface area contributed by atoms with Gasteiger partial charge in [-0.15, -0.1) is 0 Å². The second kappa shape index (κ2) is 13.3. The second-order valence-corrected chi connectivity index (χ2v) is 17.8. The Labute approximate surface area is 236 Å². The summed E-state index contributed by atoms with van der Waals surface area (Å²) in [6.45, 7) is 18.3. The molecule has 9 heteroatoms. The number of rotatable bonds is 12. The van der Waals surface area contributed by atoms with Crippen molar-refractivity contribution in [2.45, 2.75) is 90.8 Å². The van der Waals surface area contributed by atoms with Crippen LogP contribution in [-0.4, -0.2) is 75.7 Å². The maximum absolute atomic E-state index is 13.2. The van der Waals surface area contributed by atoms with E-state index >= 15 is 0 Å². The van der Waals surface area contributed by atoms with Crippen LogP contribution in [0.15, 0.2) is 30.5 Å². The molecule has 220 valence electrons. The van der Waals surface area contributed by atoms with E-state index in [1.165, 1.54) is 37.8 Å². The minimum atomic E-state index is -1.86. The summed E-state index contributed by atoms with van der Waals surface area (Å²) in [5, 5.41) is 1.40. The molecule has 1 aromatic heterocycles. The van der Waals surface area contributed by atoms with Crippen LogP contribution in [0.2, 0.25) is 18.1 Å². The highest BCUT2D eigenvalue weighted by Gasteiger charge is 2.38. The molecule has 0 N–H and O–H groups in total. The van der Waals surface area contributed by atoms with E-state index in [1.54, 1.807) is 4.90 Å². The molecule has 0 spiro atoms. The first-order chi connectivity index (χ1) is 18.1. The minimum Gasteiger partial charge on any atom is -0.469 e. The second-order valence-electron chi connectivity index (χ2n) is 12.7. The topological polar surface area (TPSA) is 79.2 Å². The molecule has 1 unspecified atom stereocenters. The number of carbonyl (C=O) groups is 2. The number of hydrogen-bond donors (Lipinski definition) is 0. The first-order valence-corrected chi connectivity index (χ1v) is 16.7. The van der Waals surface area contributed by atoms with Crippen LogP contribution >= 0.6 is 0 Å². The average Bonchev–Trinajstić information content (AvgIpc) is 3.22. The van der Waals surface area contributed by atoms with Crippen LogP contribution in [-0.2, 0) is 30.2 Å². The zero-order chi connectivity index (χ0) is 29.6. The van der Waals surface area contributed by atoms with E-state index in [2.05, 4.69) is 68.6 Å². The van der Waals surface area contributed by atoms with Crippen LogP contribution in [0.4, 0.5) is 4.79 Å². The van der Waals surface area contributed by atoms with Crippen molar-refractivity contribution in [3.05, 3.63) is 36.0 Å². The summed E-state index contributed by atoms with van der Waals surface area (Å²) in [6.07, 6.45) is 2.93. The number of para-hydroxylation sites is 1. The third-order valence-corrected chi connectivity index (χ3v) is 13.0. The van der Waals surface area contributed by atoms with Gasteiger partial charge in [0, 0.05) is 38.2 Å². The lowest BCUT2D eigenvalue weighted by atomic mass is 10.0. The number of esters is 1. The van der Waals surface area contributed by atoms with E-state index in [-0.39, 0.29) is 11.1 Å². The molecule has 2 aromatic rings. The fourth-order valence-corrected chi connectivity index (χ4v) is 6.59. The van der Waals surface area contributed by atoms with Gasteiger partial charge < -0.3 is 28.1 Å². The number of fused-ring (bicyclic) bond motifs is 1. The van der Waals surface area contributed by atoms with Gasteiger partial charge in [-0.3, -0.25) is 4.79 Å². The van der Waals surface area contributed by atoms with Crippen LogP contribution in [0, 0.1) is 5.92 Å². The third kappa shape index (κ3) is 8.31. The summed E-state index contributed by atoms with van der Waals surface area (Å²) in [4.78, 5) is 27.3. The lowest BCUT2D eigenvalue weighted by molar-refractivity contribution is -0.175. The Hall–Kier alpha value is -2.36. The molecule has 0 aliphatic carbocycles. The first kappa shape index (κ1) is 32.8. The van der Waals surface area contributed by atoms with E-state index in [9.17, 15) is 9.59 Å². The fraction of sp³-hybridized carbons (Fsp3) is 0.667. The predicted octanol–water partition coefficient (Wildman–Crippen LogP) is 6.46. The van der Waals surface area contributed by atoms with Crippen LogP contribution in [0.25, 0.3) is 10.9 Å². The highest BCUT2D eigenvalue weighted by Crippen LogP contribution is 2.39. The normalized spacial score (nSPS) is 13.5. The summed E-state index contributed by atoms with van der Waals surface area (Å²) in [6, 6.07) is 8.53. The highest BCUT2D eigenvalue weighted by molar-refractivity contribution is 6.79. The summed E-state index contributed by atoms with van der Waals surface area (Å²) < 4.78 is 23.9. The molecule has 8 nitrogen and oxygen atoms in total. The smallest absolute Gasteiger partial charge is 0.410 e. The number of hydrogen-bond acceptors (Lipinski definition) is 6. The van der Waals surface area contributed by atoms with Gasteiger partial charge >= 0.3 is 12.1 Å². The van der Waals surface area contributed by atoms with Crippen LogP contribution in [0.5, 0.6) is 0 Å². The molecule has 1 amide bonds. The molecule has 0 saturated carbocycles. The number of nitrogens with zero attached hydrogens (tertiary/aromatic N) is 2. The van der Waals surface area contributed by atoms with Gasteiger partial charge in [-0.05, 0) is 62.9 Å². The SMILES string of the molecule is COC(=O)C(CCCN(CCc1cn([Si](C)(C)C(C)(C)C)c2ccccc12)C(=O)OC(C)(C)C)C(OC)OC. The van der Waals surface area contributed by atoms with Crippen molar-refractivity contribution < 1.29 is 28.5 Å². The molecule has 39 heavy (non-hydrogen) atoms. The Balaban J connectivity index is 2.30. The van der Waals surface area contributed by atoms with Crippen molar-refractivity contribution in [2.24, 2.45) is 5.92 Å². The Morgan fingerprint density at radius 2 is 1.59 bits per heavy atom. The molecule has 0 aliphatic heterocycles. The number of ether oxygens (including phenoxy) is 4. The quantitative estimate of drug-likeness (QED) is 0.168. The van der Waals surface area contributed by atoms with E-state index in [0.29, 0.717) is 32.4 Å². The van der Waals surface area contributed by atoms with E-state index < -0.39 is 32.0 Å². The number of amides is 1. The molecule has 0 fully saturated rings. The summed E-state index contributed by atoms with van der Waals surface area (Å²) >= 11 is 0. The molecule has 0 bridgehead atoms. The number of benzene rings is 1. The average molecular weight is 563 g/mol. The first-order valence-electron chi connectivity index (χ1n) is 13.8.